The van der Waals surface area contributed by atoms with Crippen LogP contribution in [-0.2, 0) is 6.61 Å². The summed E-state index contributed by atoms with van der Waals surface area (Å²) in [4.78, 5) is 12.5. The standard InChI is InChI=1S/C20H24N2O2/c23-20(22-13-11-16-10-12-21-14-16)19-9-5-4-6-17(19)15-24-18-7-2-1-3-8-18/h1-9,16,21H,10-15H2,(H,22,23). The fourth-order valence-electron chi connectivity index (χ4n) is 2.99. The highest BCUT2D eigenvalue weighted by atomic mass is 16.5. The van der Waals surface area contributed by atoms with Crippen molar-refractivity contribution < 1.29 is 9.53 Å². The molecular formula is C20H24N2O2. The zero-order valence-electron chi connectivity index (χ0n) is 13.8. The predicted molar refractivity (Wildman–Crippen MR) is 95.1 cm³/mol. The van der Waals surface area contributed by atoms with Gasteiger partial charge in [-0.15, -0.1) is 0 Å². The van der Waals surface area contributed by atoms with E-state index in [1.165, 1.54) is 6.42 Å². The van der Waals surface area contributed by atoms with E-state index >= 15 is 0 Å². The van der Waals surface area contributed by atoms with Crippen LogP contribution >= 0.6 is 0 Å². The molecule has 4 heteroatoms. The van der Waals surface area contributed by atoms with Crippen LogP contribution in [0.4, 0.5) is 0 Å². The molecule has 2 aromatic carbocycles. The summed E-state index contributed by atoms with van der Waals surface area (Å²) in [5, 5.41) is 6.40. The van der Waals surface area contributed by atoms with Crippen LogP contribution in [0.3, 0.4) is 0 Å². The largest absolute Gasteiger partial charge is 0.489 e. The first-order valence-corrected chi connectivity index (χ1v) is 8.57. The smallest absolute Gasteiger partial charge is 0.251 e. The van der Waals surface area contributed by atoms with Gasteiger partial charge in [-0.3, -0.25) is 4.79 Å². The molecule has 1 fully saturated rings. The molecule has 3 rings (SSSR count). The zero-order chi connectivity index (χ0) is 16.6. The quantitative estimate of drug-likeness (QED) is 0.823. The highest BCUT2D eigenvalue weighted by molar-refractivity contribution is 5.95. The molecule has 0 aliphatic carbocycles. The van der Waals surface area contributed by atoms with E-state index in [0.29, 0.717) is 18.1 Å². The Balaban J connectivity index is 1.55. The van der Waals surface area contributed by atoms with E-state index in [9.17, 15) is 4.79 Å². The van der Waals surface area contributed by atoms with Crippen molar-refractivity contribution in [1.82, 2.24) is 10.6 Å². The van der Waals surface area contributed by atoms with Gasteiger partial charge < -0.3 is 15.4 Å². The number of hydrogen-bond acceptors (Lipinski definition) is 3. The minimum absolute atomic E-state index is 0.0202. The second-order valence-electron chi connectivity index (χ2n) is 6.16. The van der Waals surface area contributed by atoms with Gasteiger partial charge in [0.05, 0.1) is 0 Å². The van der Waals surface area contributed by atoms with Gasteiger partial charge in [0.1, 0.15) is 12.4 Å². The lowest BCUT2D eigenvalue weighted by Crippen LogP contribution is -2.27. The van der Waals surface area contributed by atoms with E-state index in [0.717, 1.165) is 37.4 Å². The third-order valence-corrected chi connectivity index (χ3v) is 4.40. The molecule has 1 unspecified atom stereocenters. The van der Waals surface area contributed by atoms with Gasteiger partial charge in [-0.05, 0) is 50.0 Å². The number of benzene rings is 2. The minimum atomic E-state index is -0.0202. The first-order chi connectivity index (χ1) is 11.8. The molecule has 2 N–H and O–H groups in total. The number of amides is 1. The fraction of sp³-hybridized carbons (Fsp3) is 0.350. The maximum atomic E-state index is 12.5. The van der Waals surface area contributed by atoms with Gasteiger partial charge >= 0.3 is 0 Å². The van der Waals surface area contributed by atoms with Crippen molar-refractivity contribution in [3.63, 3.8) is 0 Å². The van der Waals surface area contributed by atoms with Gasteiger partial charge in [0.25, 0.3) is 5.91 Å². The van der Waals surface area contributed by atoms with Crippen molar-refractivity contribution in [2.24, 2.45) is 5.92 Å². The molecule has 126 valence electrons. The van der Waals surface area contributed by atoms with E-state index in [2.05, 4.69) is 10.6 Å². The number of para-hydroxylation sites is 1. The van der Waals surface area contributed by atoms with Crippen molar-refractivity contribution in [3.8, 4) is 5.75 Å². The first kappa shape index (κ1) is 16.5. The maximum absolute atomic E-state index is 12.5. The van der Waals surface area contributed by atoms with Crippen LogP contribution in [0, 0.1) is 5.92 Å². The van der Waals surface area contributed by atoms with Gasteiger partial charge in [0.2, 0.25) is 0 Å². The highest BCUT2D eigenvalue weighted by Crippen LogP contribution is 2.15. The molecule has 1 saturated heterocycles. The number of ether oxygens (including phenoxy) is 1. The third kappa shape index (κ3) is 4.59. The Morgan fingerprint density at radius 3 is 2.71 bits per heavy atom. The second kappa shape index (κ2) is 8.50. The molecular weight excluding hydrogens is 300 g/mol. The van der Waals surface area contributed by atoms with Crippen LogP contribution in [0.2, 0.25) is 0 Å². The number of nitrogens with one attached hydrogen (secondary N) is 2. The Bertz CT molecular complexity index is 652. The fourth-order valence-corrected chi connectivity index (χ4v) is 2.99. The molecule has 24 heavy (non-hydrogen) atoms. The van der Waals surface area contributed by atoms with Crippen LogP contribution in [0.25, 0.3) is 0 Å². The van der Waals surface area contributed by atoms with Gasteiger partial charge in [0, 0.05) is 17.7 Å². The van der Waals surface area contributed by atoms with Crippen molar-refractivity contribution in [3.05, 3.63) is 65.7 Å². The molecule has 0 radical (unpaired) electrons. The van der Waals surface area contributed by atoms with Crippen LogP contribution in [0.15, 0.2) is 54.6 Å². The van der Waals surface area contributed by atoms with Crippen LogP contribution in [0.5, 0.6) is 5.75 Å². The lowest BCUT2D eigenvalue weighted by atomic mass is 10.0. The second-order valence-corrected chi connectivity index (χ2v) is 6.16. The van der Waals surface area contributed by atoms with Crippen LogP contribution < -0.4 is 15.4 Å². The molecule has 1 aliphatic heterocycles. The average molecular weight is 324 g/mol. The first-order valence-electron chi connectivity index (χ1n) is 8.57. The van der Waals surface area contributed by atoms with Gasteiger partial charge in [-0.1, -0.05) is 36.4 Å². The molecule has 1 atom stereocenters. The van der Waals surface area contributed by atoms with Crippen LogP contribution in [0.1, 0.15) is 28.8 Å². The van der Waals surface area contributed by atoms with E-state index in [1.807, 2.05) is 54.6 Å². The summed E-state index contributed by atoms with van der Waals surface area (Å²) in [5.74, 6) is 1.47. The summed E-state index contributed by atoms with van der Waals surface area (Å²) in [6.45, 7) is 3.27. The van der Waals surface area contributed by atoms with Crippen LogP contribution in [-0.4, -0.2) is 25.5 Å². The Hall–Kier alpha value is -2.33. The predicted octanol–water partition coefficient (Wildman–Crippen LogP) is 3.00. The van der Waals surface area contributed by atoms with Gasteiger partial charge in [-0.25, -0.2) is 0 Å². The summed E-state index contributed by atoms with van der Waals surface area (Å²) < 4.78 is 5.78. The number of carbonyl (C=O) groups excluding carboxylic acids is 1. The molecule has 1 aliphatic rings. The zero-order valence-corrected chi connectivity index (χ0v) is 13.8. The molecule has 4 nitrogen and oxygen atoms in total. The highest BCUT2D eigenvalue weighted by Gasteiger charge is 2.15. The molecule has 1 heterocycles. The Morgan fingerprint density at radius 2 is 1.92 bits per heavy atom. The summed E-state index contributed by atoms with van der Waals surface area (Å²) in [7, 11) is 0. The molecule has 1 amide bonds. The van der Waals surface area contributed by atoms with Gasteiger partial charge in [-0.2, -0.15) is 0 Å². The average Bonchev–Trinajstić information content (AvgIpc) is 3.14. The monoisotopic (exact) mass is 324 g/mol. The summed E-state index contributed by atoms with van der Waals surface area (Å²) >= 11 is 0. The summed E-state index contributed by atoms with van der Waals surface area (Å²) in [6, 6.07) is 17.3. The Morgan fingerprint density at radius 1 is 1.12 bits per heavy atom. The summed E-state index contributed by atoms with van der Waals surface area (Å²) in [5.41, 5.74) is 1.60. The number of carbonyl (C=O) groups is 1. The van der Waals surface area contributed by atoms with Crippen molar-refractivity contribution in [2.45, 2.75) is 19.4 Å². The summed E-state index contributed by atoms with van der Waals surface area (Å²) in [6.07, 6.45) is 2.23. The minimum Gasteiger partial charge on any atom is -0.489 e. The molecule has 0 saturated carbocycles. The normalized spacial score (nSPS) is 16.8. The van der Waals surface area contributed by atoms with Crippen molar-refractivity contribution >= 4 is 5.91 Å². The Kier molecular flexibility index (Phi) is 5.85. The van der Waals surface area contributed by atoms with Gasteiger partial charge in [0.15, 0.2) is 0 Å². The topological polar surface area (TPSA) is 50.4 Å². The third-order valence-electron chi connectivity index (χ3n) is 4.40. The molecule has 0 spiro atoms. The van der Waals surface area contributed by atoms with E-state index in [-0.39, 0.29) is 5.91 Å². The van der Waals surface area contributed by atoms with Crippen molar-refractivity contribution in [1.29, 1.82) is 0 Å². The molecule has 2 aromatic rings. The van der Waals surface area contributed by atoms with E-state index in [1.54, 1.807) is 0 Å². The van der Waals surface area contributed by atoms with Crippen molar-refractivity contribution in [2.75, 3.05) is 19.6 Å². The SMILES string of the molecule is O=C(NCCC1CCNC1)c1ccccc1COc1ccccc1. The number of hydrogen-bond donors (Lipinski definition) is 2. The lowest BCUT2D eigenvalue weighted by Gasteiger charge is -2.13. The van der Waals surface area contributed by atoms with E-state index < -0.39 is 0 Å². The lowest BCUT2D eigenvalue weighted by molar-refractivity contribution is 0.0949. The molecule has 0 bridgehead atoms. The molecule has 0 aromatic heterocycles. The maximum Gasteiger partial charge on any atom is 0.251 e. The van der Waals surface area contributed by atoms with E-state index in [4.69, 9.17) is 4.74 Å². The Labute approximate surface area is 143 Å². The number of rotatable bonds is 7.